The number of rotatable bonds is 7. The van der Waals surface area contributed by atoms with Crippen LogP contribution in [0, 0.1) is 11.3 Å². The first kappa shape index (κ1) is 22.2. The third-order valence-electron chi connectivity index (χ3n) is 4.14. The number of halogens is 4. The highest BCUT2D eigenvalue weighted by Gasteiger charge is 2.39. The molecule has 0 N–H and O–H groups in total. The van der Waals surface area contributed by atoms with E-state index in [0.717, 1.165) is 17.3 Å². The van der Waals surface area contributed by atoms with E-state index in [4.69, 9.17) is 21.6 Å². The van der Waals surface area contributed by atoms with Gasteiger partial charge < -0.3 is 9.30 Å². The lowest BCUT2D eigenvalue weighted by molar-refractivity contribution is -0.143. The molecule has 30 heavy (non-hydrogen) atoms. The van der Waals surface area contributed by atoms with Crippen LogP contribution in [0.3, 0.4) is 0 Å². The van der Waals surface area contributed by atoms with Crippen molar-refractivity contribution in [2.45, 2.75) is 42.8 Å². The first-order valence-electron chi connectivity index (χ1n) is 8.98. The van der Waals surface area contributed by atoms with Crippen molar-refractivity contribution < 1.29 is 17.9 Å². The van der Waals surface area contributed by atoms with Gasteiger partial charge in [0.25, 0.3) is 0 Å². The molecule has 0 spiro atoms. The summed E-state index contributed by atoms with van der Waals surface area (Å²) in [4.78, 5) is 4.27. The largest absolute Gasteiger partial charge is 0.436 e. The Balaban J connectivity index is 1.91. The highest BCUT2D eigenvalue weighted by atomic mass is 35.5. The van der Waals surface area contributed by atoms with Crippen molar-refractivity contribution in [2.24, 2.45) is 0 Å². The van der Waals surface area contributed by atoms with Crippen LogP contribution in [0.15, 0.2) is 58.5 Å². The maximum atomic E-state index is 13.7. The van der Waals surface area contributed by atoms with Gasteiger partial charge in [0.2, 0.25) is 0 Å². The molecule has 4 nitrogen and oxygen atoms in total. The van der Waals surface area contributed by atoms with Gasteiger partial charge in [0, 0.05) is 16.5 Å². The summed E-state index contributed by atoms with van der Waals surface area (Å²) in [6.07, 6.45) is -4.63. The van der Waals surface area contributed by atoms with Gasteiger partial charge in [0.15, 0.2) is 5.69 Å². The lowest BCUT2D eigenvalue weighted by atomic mass is 10.2. The van der Waals surface area contributed by atoms with Gasteiger partial charge in [0.1, 0.15) is 17.5 Å². The van der Waals surface area contributed by atoms with E-state index in [-0.39, 0.29) is 41.2 Å². The second-order valence-corrected chi connectivity index (χ2v) is 7.79. The molecule has 0 aliphatic carbocycles. The van der Waals surface area contributed by atoms with Gasteiger partial charge in [0.05, 0.1) is 18.2 Å². The van der Waals surface area contributed by atoms with Gasteiger partial charge in [-0.2, -0.15) is 18.4 Å². The number of nitrogens with zero attached hydrogens (tertiary/aromatic N) is 3. The van der Waals surface area contributed by atoms with Crippen molar-refractivity contribution in [3.05, 3.63) is 76.2 Å². The molecule has 0 aliphatic heterocycles. The topological polar surface area (TPSA) is 50.8 Å². The summed E-state index contributed by atoms with van der Waals surface area (Å²) in [6, 6.07) is 15.8. The van der Waals surface area contributed by atoms with Gasteiger partial charge in [-0.3, -0.25) is 0 Å². The smallest absolute Gasteiger partial charge is 0.369 e. The second kappa shape index (κ2) is 9.56. The molecule has 2 aromatic carbocycles. The molecule has 3 rings (SSSR count). The van der Waals surface area contributed by atoms with Gasteiger partial charge in [-0.25, -0.2) is 4.98 Å². The minimum atomic E-state index is -4.63. The van der Waals surface area contributed by atoms with Gasteiger partial charge in [-0.15, -0.1) is 0 Å². The van der Waals surface area contributed by atoms with E-state index < -0.39 is 11.9 Å². The molecule has 156 valence electrons. The molecule has 0 bridgehead atoms. The van der Waals surface area contributed by atoms with E-state index in [2.05, 4.69) is 4.98 Å². The average molecular weight is 452 g/mol. The summed E-state index contributed by atoms with van der Waals surface area (Å²) in [5.74, 6) is 0.186. The van der Waals surface area contributed by atoms with Crippen molar-refractivity contribution in [1.29, 1.82) is 5.26 Å². The molecule has 0 amide bonds. The van der Waals surface area contributed by atoms with Gasteiger partial charge >= 0.3 is 6.18 Å². The molecule has 0 atom stereocenters. The molecule has 9 heteroatoms. The molecule has 0 saturated carbocycles. The minimum absolute atomic E-state index is 0.0607. The standard InChI is InChI=1S/C21H17ClF3N3OS/c1-2-28-18(13-29-12-14-6-4-3-5-7-14)27-19(21(23,24)25)20(28)30-17-9-15(11-26)8-16(22)10-17/h3-10H,2,12-13H2,1H3. The summed E-state index contributed by atoms with van der Waals surface area (Å²) in [5.41, 5.74) is 0.208. The normalized spacial score (nSPS) is 11.5. The number of nitriles is 1. The van der Waals surface area contributed by atoms with E-state index in [1.54, 1.807) is 6.92 Å². The van der Waals surface area contributed by atoms with E-state index in [0.29, 0.717) is 4.90 Å². The predicted octanol–water partition coefficient (Wildman–Crippen LogP) is 6.31. The molecule has 0 radical (unpaired) electrons. The minimum Gasteiger partial charge on any atom is -0.369 e. The fourth-order valence-corrected chi connectivity index (χ4v) is 4.34. The number of imidazole rings is 1. The van der Waals surface area contributed by atoms with Crippen LogP contribution in [-0.2, 0) is 30.7 Å². The maximum absolute atomic E-state index is 13.7. The average Bonchev–Trinajstić information content (AvgIpc) is 3.05. The van der Waals surface area contributed by atoms with Crippen molar-refractivity contribution in [3.63, 3.8) is 0 Å². The summed E-state index contributed by atoms with van der Waals surface area (Å²) in [5, 5.41) is 9.32. The van der Waals surface area contributed by atoms with Crippen LogP contribution in [0.25, 0.3) is 0 Å². The van der Waals surface area contributed by atoms with Crippen LogP contribution in [0.2, 0.25) is 5.02 Å². The van der Waals surface area contributed by atoms with Crippen LogP contribution in [0.1, 0.15) is 29.6 Å². The maximum Gasteiger partial charge on any atom is 0.436 e. The molecular weight excluding hydrogens is 435 g/mol. The highest BCUT2D eigenvalue weighted by Crippen LogP contribution is 2.40. The Bertz CT molecular complexity index is 1060. The zero-order valence-corrected chi connectivity index (χ0v) is 17.5. The second-order valence-electron chi connectivity index (χ2n) is 6.29. The monoisotopic (exact) mass is 451 g/mol. The summed E-state index contributed by atoms with van der Waals surface area (Å²) in [7, 11) is 0. The quantitative estimate of drug-likeness (QED) is 0.422. The molecule has 0 fully saturated rings. The van der Waals surface area contributed by atoms with E-state index in [1.807, 2.05) is 36.4 Å². The van der Waals surface area contributed by atoms with Gasteiger partial charge in [-0.05, 0) is 30.7 Å². The fourth-order valence-electron chi connectivity index (χ4n) is 2.84. The van der Waals surface area contributed by atoms with E-state index in [9.17, 15) is 13.2 Å². The van der Waals surface area contributed by atoms with Crippen LogP contribution < -0.4 is 0 Å². The predicted molar refractivity (Wildman–Crippen MR) is 108 cm³/mol. The van der Waals surface area contributed by atoms with Crippen molar-refractivity contribution in [3.8, 4) is 6.07 Å². The van der Waals surface area contributed by atoms with Crippen molar-refractivity contribution in [2.75, 3.05) is 0 Å². The highest BCUT2D eigenvalue weighted by molar-refractivity contribution is 7.99. The Morgan fingerprint density at radius 1 is 1.17 bits per heavy atom. The lowest BCUT2D eigenvalue weighted by Gasteiger charge is -2.12. The van der Waals surface area contributed by atoms with E-state index in [1.165, 1.54) is 22.8 Å². The fraction of sp³-hybridized carbons (Fsp3) is 0.238. The molecule has 0 aliphatic rings. The first-order chi connectivity index (χ1) is 14.3. The zero-order valence-electron chi connectivity index (χ0n) is 15.9. The summed E-state index contributed by atoms with van der Waals surface area (Å²) >= 11 is 6.88. The van der Waals surface area contributed by atoms with Crippen molar-refractivity contribution in [1.82, 2.24) is 9.55 Å². The lowest BCUT2D eigenvalue weighted by Crippen LogP contribution is -2.08. The van der Waals surface area contributed by atoms with Crippen LogP contribution in [0.5, 0.6) is 0 Å². The Kier molecular flexibility index (Phi) is 7.08. The molecule has 1 heterocycles. The number of hydrogen-bond acceptors (Lipinski definition) is 4. The first-order valence-corrected chi connectivity index (χ1v) is 10.2. The SMILES string of the molecule is CCn1c(COCc2ccccc2)nc(C(F)(F)F)c1Sc1cc(Cl)cc(C#N)c1. The zero-order chi connectivity index (χ0) is 21.7. The molecule has 0 saturated heterocycles. The molecule has 3 aromatic rings. The van der Waals surface area contributed by atoms with E-state index >= 15 is 0 Å². The van der Waals surface area contributed by atoms with Crippen LogP contribution >= 0.6 is 23.4 Å². The Labute approximate surface area is 181 Å². The number of alkyl halides is 3. The molecule has 0 unspecified atom stereocenters. The Morgan fingerprint density at radius 2 is 1.90 bits per heavy atom. The summed E-state index contributed by atoms with van der Waals surface area (Å²) < 4.78 is 48.1. The van der Waals surface area contributed by atoms with Gasteiger partial charge in [-0.1, -0.05) is 53.7 Å². The Hall–Kier alpha value is -2.47. The molecule has 1 aromatic heterocycles. The third kappa shape index (κ3) is 5.36. The third-order valence-corrected chi connectivity index (χ3v) is 5.44. The number of hydrogen-bond donors (Lipinski definition) is 0. The van der Waals surface area contributed by atoms with Crippen molar-refractivity contribution >= 4 is 23.4 Å². The molecular formula is C21H17ClF3N3OS. The number of aromatic nitrogens is 2. The summed E-state index contributed by atoms with van der Waals surface area (Å²) in [6.45, 7) is 2.22. The Morgan fingerprint density at radius 3 is 2.53 bits per heavy atom. The van der Waals surface area contributed by atoms with Crippen LogP contribution in [-0.4, -0.2) is 9.55 Å². The number of benzene rings is 2. The van der Waals surface area contributed by atoms with Crippen LogP contribution in [0.4, 0.5) is 13.2 Å². The number of ether oxygens (including phenoxy) is 1.